The van der Waals surface area contributed by atoms with Gasteiger partial charge in [-0.05, 0) is 42.9 Å². The number of nitrogens with zero attached hydrogens (tertiary/aromatic N) is 2. The highest BCUT2D eigenvalue weighted by molar-refractivity contribution is 7.80. The van der Waals surface area contributed by atoms with Gasteiger partial charge in [0.25, 0.3) is 0 Å². The summed E-state index contributed by atoms with van der Waals surface area (Å²) in [6.07, 6.45) is 1.79. The summed E-state index contributed by atoms with van der Waals surface area (Å²) in [6.45, 7) is 2.69. The van der Waals surface area contributed by atoms with Crippen LogP contribution < -0.4 is 15.5 Å². The Morgan fingerprint density at radius 1 is 1.24 bits per heavy atom. The minimum absolute atomic E-state index is 0.606. The molecule has 0 unspecified atom stereocenters. The molecule has 0 atom stereocenters. The first kappa shape index (κ1) is 15.3. The van der Waals surface area contributed by atoms with Crippen LogP contribution in [0, 0.1) is 6.92 Å². The van der Waals surface area contributed by atoms with E-state index in [-0.39, 0.29) is 0 Å². The summed E-state index contributed by atoms with van der Waals surface area (Å²) in [4.78, 5) is 6.37. The number of aryl methyl sites for hydroxylation is 1. The quantitative estimate of drug-likeness (QED) is 0.850. The van der Waals surface area contributed by atoms with Crippen molar-refractivity contribution < 1.29 is 0 Å². The molecule has 0 amide bonds. The van der Waals surface area contributed by atoms with Crippen molar-refractivity contribution in [2.45, 2.75) is 13.5 Å². The molecular weight excluding hydrogens is 280 g/mol. The molecule has 0 spiro atoms. The van der Waals surface area contributed by atoms with Gasteiger partial charge in [-0.1, -0.05) is 18.2 Å². The zero-order valence-electron chi connectivity index (χ0n) is 12.6. The van der Waals surface area contributed by atoms with Gasteiger partial charge in [0.15, 0.2) is 5.11 Å². The Labute approximate surface area is 131 Å². The molecular formula is C16H20N4S. The number of pyridine rings is 1. The van der Waals surface area contributed by atoms with Crippen molar-refractivity contribution in [2.75, 3.05) is 24.3 Å². The van der Waals surface area contributed by atoms with Gasteiger partial charge in [0.2, 0.25) is 0 Å². The largest absolute Gasteiger partial charge is 0.362 e. The smallest absolute Gasteiger partial charge is 0.171 e. The maximum atomic E-state index is 5.33. The van der Waals surface area contributed by atoms with Gasteiger partial charge in [-0.2, -0.15) is 0 Å². The molecule has 4 nitrogen and oxygen atoms in total. The number of rotatable bonds is 4. The lowest BCUT2D eigenvalue weighted by molar-refractivity contribution is 0.900. The number of thiocarbonyl (C=S) groups is 1. The molecule has 21 heavy (non-hydrogen) atoms. The van der Waals surface area contributed by atoms with E-state index < -0.39 is 0 Å². The van der Waals surface area contributed by atoms with E-state index in [2.05, 4.69) is 34.7 Å². The van der Waals surface area contributed by atoms with Crippen LogP contribution >= 0.6 is 12.2 Å². The highest BCUT2D eigenvalue weighted by atomic mass is 32.1. The lowest BCUT2D eigenvalue weighted by Gasteiger charge is -2.17. The van der Waals surface area contributed by atoms with Crippen molar-refractivity contribution in [3.8, 4) is 0 Å². The van der Waals surface area contributed by atoms with Gasteiger partial charge >= 0.3 is 0 Å². The Hall–Kier alpha value is -2.14. The van der Waals surface area contributed by atoms with Gasteiger partial charge in [-0.25, -0.2) is 4.98 Å². The maximum absolute atomic E-state index is 5.33. The molecule has 2 rings (SSSR count). The Bertz CT molecular complexity index is 625. The molecule has 1 aromatic carbocycles. The van der Waals surface area contributed by atoms with Gasteiger partial charge in [-0.15, -0.1) is 0 Å². The van der Waals surface area contributed by atoms with E-state index in [0.29, 0.717) is 11.7 Å². The average molecular weight is 300 g/mol. The predicted octanol–water partition coefficient (Wildman–Crippen LogP) is 2.94. The second kappa shape index (κ2) is 7.04. The average Bonchev–Trinajstić information content (AvgIpc) is 2.45. The van der Waals surface area contributed by atoms with Gasteiger partial charge in [0, 0.05) is 38.1 Å². The molecule has 2 N–H and O–H groups in total. The number of anilines is 2. The second-order valence-electron chi connectivity index (χ2n) is 5.06. The molecule has 0 radical (unpaired) electrons. The highest BCUT2D eigenvalue weighted by Crippen LogP contribution is 2.14. The molecule has 2 aromatic rings. The first-order valence-electron chi connectivity index (χ1n) is 6.79. The second-order valence-corrected chi connectivity index (χ2v) is 5.47. The van der Waals surface area contributed by atoms with Gasteiger partial charge < -0.3 is 15.5 Å². The maximum Gasteiger partial charge on any atom is 0.171 e. The van der Waals surface area contributed by atoms with Crippen molar-refractivity contribution >= 4 is 28.8 Å². The number of benzene rings is 1. The summed E-state index contributed by atoms with van der Waals surface area (Å²) in [5.41, 5.74) is 3.30. The van der Waals surface area contributed by atoms with Crippen molar-refractivity contribution in [2.24, 2.45) is 0 Å². The normalized spacial score (nSPS) is 10.0. The summed E-state index contributed by atoms with van der Waals surface area (Å²) in [6, 6.07) is 12.1. The standard InChI is InChI=1S/C16H20N4S/c1-12-6-4-8-14(10-12)19-16(21)18-11-13-7-5-9-17-15(13)20(2)3/h4-10H,11H2,1-3H3,(H2,18,19,21). The zero-order chi connectivity index (χ0) is 15.2. The summed E-state index contributed by atoms with van der Waals surface area (Å²) in [7, 11) is 3.96. The number of hydrogen-bond acceptors (Lipinski definition) is 3. The number of aromatic nitrogens is 1. The van der Waals surface area contributed by atoms with Crippen molar-refractivity contribution in [3.05, 3.63) is 53.7 Å². The number of nitrogens with one attached hydrogen (secondary N) is 2. The van der Waals surface area contributed by atoms with Crippen LogP contribution in [0.15, 0.2) is 42.6 Å². The van der Waals surface area contributed by atoms with Crippen LogP contribution in [0.25, 0.3) is 0 Å². The fraction of sp³-hybridized carbons (Fsp3) is 0.250. The van der Waals surface area contributed by atoms with Crippen LogP contribution in [0.1, 0.15) is 11.1 Å². The molecule has 5 heteroatoms. The first-order valence-corrected chi connectivity index (χ1v) is 7.20. The summed E-state index contributed by atoms with van der Waals surface area (Å²) in [5, 5.41) is 7.01. The van der Waals surface area contributed by atoms with Crippen molar-refractivity contribution in [3.63, 3.8) is 0 Å². The van der Waals surface area contributed by atoms with E-state index in [9.17, 15) is 0 Å². The van der Waals surface area contributed by atoms with Crippen LogP contribution in [0.5, 0.6) is 0 Å². The lowest BCUT2D eigenvalue weighted by Crippen LogP contribution is -2.28. The zero-order valence-corrected chi connectivity index (χ0v) is 13.4. The highest BCUT2D eigenvalue weighted by Gasteiger charge is 2.05. The van der Waals surface area contributed by atoms with E-state index in [1.165, 1.54) is 5.56 Å². The van der Waals surface area contributed by atoms with Gasteiger partial charge in [-0.3, -0.25) is 0 Å². The van der Waals surface area contributed by atoms with Crippen LogP contribution in [0.4, 0.5) is 11.5 Å². The monoisotopic (exact) mass is 300 g/mol. The molecule has 0 aliphatic heterocycles. The van der Waals surface area contributed by atoms with Crippen LogP contribution in [-0.4, -0.2) is 24.2 Å². The van der Waals surface area contributed by atoms with Crippen LogP contribution in [-0.2, 0) is 6.54 Å². The third-order valence-electron chi connectivity index (χ3n) is 3.01. The van der Waals surface area contributed by atoms with E-state index in [0.717, 1.165) is 17.1 Å². The molecule has 0 bridgehead atoms. The van der Waals surface area contributed by atoms with E-state index in [1.807, 2.05) is 43.3 Å². The van der Waals surface area contributed by atoms with Crippen molar-refractivity contribution in [1.82, 2.24) is 10.3 Å². The molecule has 110 valence electrons. The van der Waals surface area contributed by atoms with E-state index in [1.54, 1.807) is 6.20 Å². The van der Waals surface area contributed by atoms with E-state index in [4.69, 9.17) is 12.2 Å². The fourth-order valence-electron chi connectivity index (χ4n) is 2.04. The molecule has 0 aliphatic carbocycles. The molecule has 0 saturated carbocycles. The summed E-state index contributed by atoms with van der Waals surface area (Å²) in [5.74, 6) is 0.948. The fourth-order valence-corrected chi connectivity index (χ4v) is 2.23. The first-order chi connectivity index (χ1) is 10.1. The number of hydrogen-bond donors (Lipinski definition) is 2. The molecule has 1 aromatic heterocycles. The Morgan fingerprint density at radius 3 is 2.76 bits per heavy atom. The Balaban J connectivity index is 1.95. The third-order valence-corrected chi connectivity index (χ3v) is 3.25. The summed E-state index contributed by atoms with van der Waals surface area (Å²) < 4.78 is 0. The lowest BCUT2D eigenvalue weighted by atomic mass is 10.2. The minimum atomic E-state index is 0.606. The molecule has 1 heterocycles. The van der Waals surface area contributed by atoms with Crippen molar-refractivity contribution in [1.29, 1.82) is 0 Å². The Kier molecular flexibility index (Phi) is 5.11. The minimum Gasteiger partial charge on any atom is -0.362 e. The predicted molar refractivity (Wildman–Crippen MR) is 92.8 cm³/mol. The third kappa shape index (κ3) is 4.43. The van der Waals surface area contributed by atoms with Gasteiger partial charge in [0.05, 0.1) is 0 Å². The summed E-state index contributed by atoms with van der Waals surface area (Å²) >= 11 is 5.33. The topological polar surface area (TPSA) is 40.2 Å². The molecule has 0 saturated heterocycles. The molecule has 0 fully saturated rings. The molecule has 0 aliphatic rings. The van der Waals surface area contributed by atoms with Crippen LogP contribution in [0.2, 0.25) is 0 Å². The van der Waals surface area contributed by atoms with E-state index >= 15 is 0 Å². The van der Waals surface area contributed by atoms with Gasteiger partial charge in [0.1, 0.15) is 5.82 Å². The van der Waals surface area contributed by atoms with Crippen LogP contribution in [0.3, 0.4) is 0 Å². The SMILES string of the molecule is Cc1cccc(NC(=S)NCc2cccnc2N(C)C)c1. The Morgan fingerprint density at radius 2 is 2.05 bits per heavy atom.